The first-order valence-electron chi connectivity index (χ1n) is 7.60. The van der Waals surface area contributed by atoms with Crippen LogP contribution in [0.15, 0.2) is 27.7 Å². The molecule has 0 aliphatic carbocycles. The van der Waals surface area contributed by atoms with Crippen molar-refractivity contribution in [1.29, 1.82) is 0 Å². The van der Waals surface area contributed by atoms with Crippen LogP contribution in [0.1, 0.15) is 0 Å². The number of rotatable bonds is 7. The van der Waals surface area contributed by atoms with E-state index in [1.165, 1.54) is 12.1 Å². The van der Waals surface area contributed by atoms with E-state index in [9.17, 15) is 21.6 Å². The molecule has 0 unspecified atom stereocenters. The number of H-pyrrole nitrogens is 1. The molecule has 0 fully saturated rings. The van der Waals surface area contributed by atoms with Crippen molar-refractivity contribution < 1.29 is 35.8 Å². The summed E-state index contributed by atoms with van der Waals surface area (Å²) in [5, 5.41) is 0.0785. The van der Waals surface area contributed by atoms with Crippen LogP contribution < -0.4 is 18.9 Å². The number of nitrogens with zero attached hydrogens (tertiary/aromatic N) is 2. The second-order valence-corrected chi connectivity index (χ2v) is 7.82. The van der Waals surface area contributed by atoms with Gasteiger partial charge in [0, 0.05) is 11.6 Å². The highest BCUT2D eigenvalue weighted by Crippen LogP contribution is 2.37. The molecule has 0 bridgehead atoms. The highest BCUT2D eigenvalue weighted by molar-refractivity contribution is 9.10. The van der Waals surface area contributed by atoms with Crippen LogP contribution in [0.3, 0.4) is 0 Å². The molecule has 3 rings (SSSR count). The monoisotopic (exact) mass is 496 g/mol. The molecule has 0 amide bonds. The topological polar surface area (TPSA) is 115 Å². The summed E-state index contributed by atoms with van der Waals surface area (Å²) in [6, 6.07) is 2.75. The Hall–Kier alpha value is -2.74. The van der Waals surface area contributed by atoms with Gasteiger partial charge in [0.2, 0.25) is 11.7 Å². The Balaban J connectivity index is 2.04. The van der Waals surface area contributed by atoms with Gasteiger partial charge in [-0.15, -0.1) is 0 Å². The first kappa shape index (κ1) is 21.0. The molecule has 1 aromatic carbocycles. The van der Waals surface area contributed by atoms with Crippen LogP contribution in [0, 0.1) is 5.82 Å². The van der Waals surface area contributed by atoms with E-state index in [0.717, 1.165) is 20.4 Å². The predicted molar refractivity (Wildman–Crippen MR) is 98.5 cm³/mol. The van der Waals surface area contributed by atoms with E-state index in [1.54, 1.807) is 0 Å². The lowest BCUT2D eigenvalue weighted by atomic mass is 10.2. The van der Waals surface area contributed by atoms with Crippen LogP contribution in [0.5, 0.6) is 17.5 Å². The van der Waals surface area contributed by atoms with Crippen molar-refractivity contribution in [1.82, 2.24) is 15.0 Å². The van der Waals surface area contributed by atoms with E-state index in [0.29, 0.717) is 0 Å². The third-order valence-electron chi connectivity index (χ3n) is 3.62. The van der Waals surface area contributed by atoms with Gasteiger partial charge in [-0.2, -0.15) is 18.7 Å². The Morgan fingerprint density at radius 1 is 1.17 bits per heavy atom. The fourth-order valence-corrected chi connectivity index (χ4v) is 3.88. The molecule has 2 aromatic heterocycles. The van der Waals surface area contributed by atoms with Crippen LogP contribution >= 0.6 is 15.9 Å². The molecular weight excluding hydrogens is 485 g/mol. The summed E-state index contributed by atoms with van der Waals surface area (Å²) in [6.45, 7) is -3.22. The molecule has 2 N–H and O–H groups in total. The maximum Gasteiger partial charge on any atom is 0.387 e. The van der Waals surface area contributed by atoms with Gasteiger partial charge in [0.15, 0.2) is 5.82 Å². The van der Waals surface area contributed by atoms with Gasteiger partial charge in [-0.1, -0.05) is 6.07 Å². The van der Waals surface area contributed by atoms with Crippen LogP contribution in [-0.4, -0.2) is 44.2 Å². The van der Waals surface area contributed by atoms with Gasteiger partial charge >= 0.3 is 6.61 Å². The smallest absolute Gasteiger partial charge is 0.387 e. The van der Waals surface area contributed by atoms with Gasteiger partial charge in [-0.3, -0.25) is 0 Å². The molecule has 14 heteroatoms. The lowest BCUT2D eigenvalue weighted by Crippen LogP contribution is -2.16. The van der Waals surface area contributed by atoms with E-state index in [4.69, 9.17) is 9.47 Å². The highest BCUT2D eigenvalue weighted by Gasteiger charge is 2.26. The van der Waals surface area contributed by atoms with E-state index < -0.39 is 45.9 Å². The number of alkyl halides is 2. The third kappa shape index (κ3) is 4.03. The van der Waals surface area contributed by atoms with Gasteiger partial charge in [0.05, 0.1) is 24.2 Å². The first-order chi connectivity index (χ1) is 13.7. The summed E-state index contributed by atoms with van der Waals surface area (Å²) in [6.07, 6.45) is 1.09. The highest BCUT2D eigenvalue weighted by atomic mass is 79.9. The van der Waals surface area contributed by atoms with E-state index in [2.05, 4.69) is 40.3 Å². The summed E-state index contributed by atoms with van der Waals surface area (Å²) < 4.78 is 81.0. The van der Waals surface area contributed by atoms with Gasteiger partial charge in [-0.25, -0.2) is 17.5 Å². The minimum absolute atomic E-state index is 0.0310. The molecule has 2 heterocycles. The number of sulfonamides is 1. The molecule has 0 spiro atoms. The zero-order valence-corrected chi connectivity index (χ0v) is 17.1. The van der Waals surface area contributed by atoms with Crippen molar-refractivity contribution in [3.05, 3.63) is 28.6 Å². The predicted octanol–water partition coefficient (Wildman–Crippen LogP) is 3.28. The normalized spacial score (nSPS) is 11.7. The lowest BCUT2D eigenvalue weighted by molar-refractivity contribution is -0.0533. The molecular formula is C15H12BrF3N4O5S. The number of hydrogen-bond donors (Lipinski definition) is 2. The van der Waals surface area contributed by atoms with Crippen LogP contribution in [0.2, 0.25) is 0 Å². The number of benzene rings is 1. The number of nitrogens with one attached hydrogen (secondary N) is 2. The molecule has 0 aliphatic heterocycles. The number of fused-ring (bicyclic) bond motifs is 1. The van der Waals surface area contributed by atoms with E-state index in [-0.39, 0.29) is 20.3 Å². The number of aromatic amines is 1. The third-order valence-corrected chi connectivity index (χ3v) is 5.60. The zero-order valence-electron chi connectivity index (χ0n) is 14.7. The standard InChI is InChI=1S/C15H12BrF3N4O5S/c1-26-12-11(28-14(18)19)13(27-2)22-15(21-12)23-29(24,25)8-5-20-10-6(8)3-4-7(16)9(10)17/h3-5,14,20H,1-2H3,(H,21,22,23). The Kier molecular flexibility index (Phi) is 5.75. The largest absolute Gasteiger partial charge is 0.478 e. The summed E-state index contributed by atoms with van der Waals surface area (Å²) in [4.78, 5) is 9.68. The molecule has 29 heavy (non-hydrogen) atoms. The summed E-state index contributed by atoms with van der Waals surface area (Å²) in [7, 11) is -2.08. The molecule has 0 radical (unpaired) electrons. The number of hydrogen-bond acceptors (Lipinski definition) is 7. The van der Waals surface area contributed by atoms with Crippen molar-refractivity contribution in [2.24, 2.45) is 0 Å². The van der Waals surface area contributed by atoms with Crippen LogP contribution in [0.4, 0.5) is 19.1 Å². The van der Waals surface area contributed by atoms with Crippen LogP contribution in [0.25, 0.3) is 10.9 Å². The molecule has 0 atom stereocenters. The van der Waals surface area contributed by atoms with E-state index >= 15 is 0 Å². The number of aromatic nitrogens is 3. The molecule has 9 nitrogen and oxygen atoms in total. The van der Waals surface area contributed by atoms with Gasteiger partial charge in [0.1, 0.15) is 4.90 Å². The van der Waals surface area contributed by atoms with Crippen molar-refractivity contribution >= 4 is 42.8 Å². The molecule has 3 aromatic rings. The summed E-state index contributed by atoms with van der Waals surface area (Å²) in [5.41, 5.74) is -0.0310. The van der Waals surface area contributed by atoms with E-state index in [1.807, 2.05) is 0 Å². The molecule has 0 saturated carbocycles. The van der Waals surface area contributed by atoms with Crippen molar-refractivity contribution in [3.8, 4) is 17.5 Å². The summed E-state index contributed by atoms with van der Waals surface area (Å²) in [5.74, 6) is -2.77. The first-order valence-corrected chi connectivity index (χ1v) is 9.88. The SMILES string of the molecule is COc1nc(NS(=O)(=O)c2c[nH]c3c(F)c(Br)ccc23)nc(OC)c1OC(F)F. The maximum absolute atomic E-state index is 14.1. The second kappa shape index (κ2) is 7.94. The number of methoxy groups -OCH3 is 2. The lowest BCUT2D eigenvalue weighted by Gasteiger charge is -2.14. The van der Waals surface area contributed by atoms with Crippen LogP contribution in [-0.2, 0) is 10.0 Å². The second-order valence-electron chi connectivity index (χ2n) is 5.32. The molecule has 0 aliphatic rings. The fraction of sp³-hybridized carbons (Fsp3) is 0.200. The number of anilines is 1. The van der Waals surface area contributed by atoms with Crippen molar-refractivity contribution in [2.75, 3.05) is 18.9 Å². The Morgan fingerprint density at radius 2 is 1.79 bits per heavy atom. The Bertz CT molecular complexity index is 1150. The van der Waals surface area contributed by atoms with Gasteiger partial charge < -0.3 is 19.2 Å². The van der Waals surface area contributed by atoms with Gasteiger partial charge in [-0.05, 0) is 22.0 Å². The number of halogens is 4. The quantitative estimate of drug-likeness (QED) is 0.515. The van der Waals surface area contributed by atoms with Gasteiger partial charge in [0.25, 0.3) is 21.8 Å². The number of ether oxygens (including phenoxy) is 3. The molecule has 0 saturated heterocycles. The minimum atomic E-state index is -4.30. The minimum Gasteiger partial charge on any atom is -0.478 e. The Morgan fingerprint density at radius 3 is 2.34 bits per heavy atom. The maximum atomic E-state index is 14.1. The van der Waals surface area contributed by atoms with Crippen molar-refractivity contribution in [3.63, 3.8) is 0 Å². The van der Waals surface area contributed by atoms with Crippen molar-refractivity contribution in [2.45, 2.75) is 11.5 Å². The Labute approximate surface area is 170 Å². The summed E-state index contributed by atoms with van der Waals surface area (Å²) >= 11 is 3.01. The zero-order chi connectivity index (χ0) is 21.3. The fourth-order valence-electron chi connectivity index (χ4n) is 2.43. The average Bonchev–Trinajstić information content (AvgIpc) is 3.10. The average molecular weight is 497 g/mol. The molecule has 156 valence electrons.